The molecule has 0 aromatic heterocycles. The molecule has 1 atom stereocenters. The van der Waals surface area contributed by atoms with Crippen LogP contribution in [0.4, 0.5) is 4.39 Å². The van der Waals surface area contributed by atoms with Gasteiger partial charge in [0.2, 0.25) is 5.91 Å². The second kappa shape index (κ2) is 7.20. The van der Waals surface area contributed by atoms with Gasteiger partial charge >= 0.3 is 0 Å². The van der Waals surface area contributed by atoms with Crippen LogP contribution < -0.4 is 10.6 Å². The molecule has 1 unspecified atom stereocenters. The molecule has 1 saturated heterocycles. The van der Waals surface area contributed by atoms with Crippen LogP contribution in [0.1, 0.15) is 24.4 Å². The third-order valence-corrected chi connectivity index (χ3v) is 3.88. The van der Waals surface area contributed by atoms with Crippen molar-refractivity contribution in [2.24, 2.45) is 0 Å². The van der Waals surface area contributed by atoms with E-state index in [4.69, 9.17) is 0 Å². The summed E-state index contributed by atoms with van der Waals surface area (Å²) >= 11 is 0. The summed E-state index contributed by atoms with van der Waals surface area (Å²) in [6, 6.07) is 7.10. The third kappa shape index (κ3) is 4.40. The van der Waals surface area contributed by atoms with Crippen LogP contribution in [0.2, 0.25) is 0 Å². The fourth-order valence-corrected chi connectivity index (χ4v) is 2.66. The SMILES string of the molecule is Cl.O=C(CN1CCNCC1c1cccc(F)c1)NC1CC1. The molecule has 2 N–H and O–H groups in total. The van der Waals surface area contributed by atoms with Gasteiger partial charge in [-0.2, -0.15) is 0 Å². The number of nitrogens with zero attached hydrogens (tertiary/aromatic N) is 1. The van der Waals surface area contributed by atoms with Crippen molar-refractivity contribution in [1.29, 1.82) is 0 Å². The first-order chi connectivity index (χ1) is 9.72. The van der Waals surface area contributed by atoms with E-state index in [0.29, 0.717) is 12.6 Å². The first-order valence-corrected chi connectivity index (χ1v) is 7.22. The summed E-state index contributed by atoms with van der Waals surface area (Å²) in [6.07, 6.45) is 2.20. The number of nitrogens with one attached hydrogen (secondary N) is 2. The molecule has 0 spiro atoms. The largest absolute Gasteiger partial charge is 0.352 e. The van der Waals surface area contributed by atoms with Gasteiger partial charge < -0.3 is 10.6 Å². The van der Waals surface area contributed by atoms with Gasteiger partial charge in [0.05, 0.1) is 6.54 Å². The van der Waals surface area contributed by atoms with Crippen LogP contribution in [-0.4, -0.2) is 43.0 Å². The van der Waals surface area contributed by atoms with Crippen molar-refractivity contribution in [3.05, 3.63) is 35.6 Å². The van der Waals surface area contributed by atoms with E-state index in [1.54, 1.807) is 12.1 Å². The van der Waals surface area contributed by atoms with Gasteiger partial charge in [0.15, 0.2) is 0 Å². The lowest BCUT2D eigenvalue weighted by atomic mass is 10.0. The molecule has 6 heteroatoms. The van der Waals surface area contributed by atoms with E-state index in [2.05, 4.69) is 15.5 Å². The van der Waals surface area contributed by atoms with Crippen molar-refractivity contribution < 1.29 is 9.18 Å². The highest BCUT2D eigenvalue weighted by molar-refractivity contribution is 5.85. The van der Waals surface area contributed by atoms with Crippen molar-refractivity contribution in [2.45, 2.75) is 24.9 Å². The molecule has 1 heterocycles. The summed E-state index contributed by atoms with van der Waals surface area (Å²) in [5.41, 5.74) is 0.927. The number of hydrogen-bond donors (Lipinski definition) is 2. The van der Waals surface area contributed by atoms with Gasteiger partial charge in [-0.3, -0.25) is 9.69 Å². The van der Waals surface area contributed by atoms with Gasteiger partial charge in [0.1, 0.15) is 5.82 Å². The summed E-state index contributed by atoms with van der Waals surface area (Å²) in [5, 5.41) is 6.32. The topological polar surface area (TPSA) is 44.4 Å². The Morgan fingerprint density at radius 2 is 2.24 bits per heavy atom. The van der Waals surface area contributed by atoms with Gasteiger partial charge in [0.25, 0.3) is 0 Å². The van der Waals surface area contributed by atoms with E-state index in [0.717, 1.165) is 38.0 Å². The third-order valence-electron chi connectivity index (χ3n) is 3.88. The molecule has 1 aliphatic carbocycles. The second-order valence-corrected chi connectivity index (χ2v) is 5.59. The summed E-state index contributed by atoms with van der Waals surface area (Å²) in [6.45, 7) is 2.81. The predicted octanol–water partition coefficient (Wildman–Crippen LogP) is 1.47. The Morgan fingerprint density at radius 1 is 1.43 bits per heavy atom. The molecule has 4 nitrogen and oxygen atoms in total. The summed E-state index contributed by atoms with van der Waals surface area (Å²) in [5.74, 6) is -0.147. The molecular weight excluding hydrogens is 293 g/mol. The Labute approximate surface area is 130 Å². The molecule has 1 amide bonds. The number of amides is 1. The monoisotopic (exact) mass is 313 g/mol. The molecule has 2 fully saturated rings. The van der Waals surface area contributed by atoms with E-state index < -0.39 is 0 Å². The van der Waals surface area contributed by atoms with Crippen LogP contribution in [0, 0.1) is 5.82 Å². The zero-order valence-electron chi connectivity index (χ0n) is 11.8. The van der Waals surface area contributed by atoms with Gasteiger partial charge in [-0.25, -0.2) is 4.39 Å². The normalized spacial score (nSPS) is 22.4. The highest BCUT2D eigenvalue weighted by Gasteiger charge is 2.28. The Balaban J connectivity index is 0.00000161. The van der Waals surface area contributed by atoms with Crippen molar-refractivity contribution in [1.82, 2.24) is 15.5 Å². The first kappa shape index (κ1) is 16.2. The Morgan fingerprint density at radius 3 is 2.95 bits per heavy atom. The van der Waals surface area contributed by atoms with E-state index in [1.807, 2.05) is 6.07 Å². The highest BCUT2D eigenvalue weighted by atomic mass is 35.5. The molecule has 116 valence electrons. The maximum Gasteiger partial charge on any atom is 0.234 e. The van der Waals surface area contributed by atoms with Gasteiger partial charge in [-0.15, -0.1) is 12.4 Å². The standard InChI is InChI=1S/C15H20FN3O.ClH/c16-12-3-1-2-11(8-12)14-9-17-6-7-19(14)10-15(20)18-13-4-5-13;/h1-3,8,13-14,17H,4-7,9-10H2,(H,18,20);1H. The van der Waals surface area contributed by atoms with Crippen molar-refractivity contribution in [2.75, 3.05) is 26.2 Å². The molecule has 1 aliphatic heterocycles. The quantitative estimate of drug-likeness (QED) is 0.885. The smallest absolute Gasteiger partial charge is 0.234 e. The highest BCUT2D eigenvalue weighted by Crippen LogP contribution is 2.23. The minimum absolute atomic E-state index is 0. The molecule has 1 aromatic rings. The molecule has 1 aromatic carbocycles. The Kier molecular flexibility index (Phi) is 5.56. The summed E-state index contributed by atoms with van der Waals surface area (Å²) in [4.78, 5) is 14.1. The Bertz CT molecular complexity index is 496. The van der Waals surface area contributed by atoms with Crippen LogP contribution in [0.25, 0.3) is 0 Å². The fourth-order valence-electron chi connectivity index (χ4n) is 2.66. The second-order valence-electron chi connectivity index (χ2n) is 5.59. The van der Waals surface area contributed by atoms with Gasteiger partial charge in [-0.1, -0.05) is 12.1 Å². The average Bonchev–Trinajstić information content (AvgIpc) is 3.23. The molecular formula is C15H21ClFN3O. The zero-order valence-corrected chi connectivity index (χ0v) is 12.7. The van der Waals surface area contributed by atoms with Crippen LogP contribution in [0.3, 0.4) is 0 Å². The van der Waals surface area contributed by atoms with E-state index in [9.17, 15) is 9.18 Å². The number of piperazine rings is 1. The summed E-state index contributed by atoms with van der Waals surface area (Å²) in [7, 11) is 0. The van der Waals surface area contributed by atoms with Crippen LogP contribution in [-0.2, 0) is 4.79 Å². The van der Waals surface area contributed by atoms with Crippen LogP contribution >= 0.6 is 12.4 Å². The zero-order chi connectivity index (χ0) is 13.9. The minimum Gasteiger partial charge on any atom is -0.352 e. The maximum absolute atomic E-state index is 13.4. The molecule has 3 rings (SSSR count). The summed E-state index contributed by atoms with van der Waals surface area (Å²) < 4.78 is 13.4. The predicted molar refractivity (Wildman–Crippen MR) is 82.0 cm³/mol. The lowest BCUT2D eigenvalue weighted by Crippen LogP contribution is -2.49. The van der Waals surface area contributed by atoms with Gasteiger partial charge in [0, 0.05) is 31.7 Å². The number of rotatable bonds is 4. The van der Waals surface area contributed by atoms with Crippen molar-refractivity contribution in [3.63, 3.8) is 0 Å². The molecule has 21 heavy (non-hydrogen) atoms. The van der Waals surface area contributed by atoms with Crippen molar-refractivity contribution in [3.8, 4) is 0 Å². The average molecular weight is 314 g/mol. The number of carbonyl (C=O) groups is 1. The van der Waals surface area contributed by atoms with Crippen molar-refractivity contribution >= 4 is 18.3 Å². The van der Waals surface area contributed by atoms with Crippen LogP contribution in [0.15, 0.2) is 24.3 Å². The van der Waals surface area contributed by atoms with Crippen LogP contribution in [0.5, 0.6) is 0 Å². The first-order valence-electron chi connectivity index (χ1n) is 7.22. The molecule has 2 aliphatic rings. The van der Waals surface area contributed by atoms with E-state index in [-0.39, 0.29) is 30.2 Å². The number of halogens is 2. The molecule has 0 radical (unpaired) electrons. The molecule has 1 saturated carbocycles. The van der Waals surface area contributed by atoms with E-state index in [1.165, 1.54) is 6.07 Å². The minimum atomic E-state index is -0.226. The maximum atomic E-state index is 13.4. The number of carbonyl (C=O) groups excluding carboxylic acids is 1. The van der Waals surface area contributed by atoms with Gasteiger partial charge in [-0.05, 0) is 30.5 Å². The lowest BCUT2D eigenvalue weighted by molar-refractivity contribution is -0.123. The Hall–Kier alpha value is -1.17. The number of hydrogen-bond acceptors (Lipinski definition) is 3. The fraction of sp³-hybridized carbons (Fsp3) is 0.533. The lowest BCUT2D eigenvalue weighted by Gasteiger charge is -2.36. The molecule has 0 bridgehead atoms. The van der Waals surface area contributed by atoms with E-state index >= 15 is 0 Å². The number of benzene rings is 1.